The van der Waals surface area contributed by atoms with Crippen LogP contribution in [0.3, 0.4) is 0 Å². The summed E-state index contributed by atoms with van der Waals surface area (Å²) in [5, 5.41) is 1.21. The third-order valence-corrected chi connectivity index (χ3v) is 5.48. The van der Waals surface area contributed by atoms with Crippen molar-refractivity contribution in [3.63, 3.8) is 0 Å². The monoisotopic (exact) mass is 314 g/mol. The first kappa shape index (κ1) is 16.1. The van der Waals surface area contributed by atoms with Crippen LogP contribution in [0.1, 0.15) is 37.7 Å². The van der Waals surface area contributed by atoms with Gasteiger partial charge in [-0.25, -0.2) is 0 Å². The lowest BCUT2D eigenvalue weighted by atomic mass is 9.74. The highest BCUT2D eigenvalue weighted by Crippen LogP contribution is 2.36. The fourth-order valence-electron chi connectivity index (χ4n) is 3.42. The van der Waals surface area contributed by atoms with Gasteiger partial charge in [0.15, 0.2) is 0 Å². The maximum Gasteiger partial charge on any atom is 0.0595 e. The molecule has 1 aliphatic carbocycles. The molecule has 0 aliphatic heterocycles. The van der Waals surface area contributed by atoms with Gasteiger partial charge in [-0.3, -0.25) is 0 Å². The molecular weight excluding hydrogens is 291 g/mol. The molecule has 1 unspecified atom stereocenters. The number of likely N-dealkylation sites (N-methyl/N-ethyl adjacent to an activating group) is 1. The molecule has 112 valence electrons. The Labute approximate surface area is 132 Å². The van der Waals surface area contributed by atoms with E-state index in [2.05, 4.69) is 19.0 Å². The Bertz CT molecular complexity index is 454. The quantitative estimate of drug-likeness (QED) is 0.905. The van der Waals surface area contributed by atoms with Crippen molar-refractivity contribution in [3.05, 3.63) is 33.8 Å². The molecule has 0 bridgehead atoms. The molecule has 2 rings (SSSR count). The Morgan fingerprint density at radius 1 is 1.15 bits per heavy atom. The average Bonchev–Trinajstić information content (AvgIpc) is 2.43. The van der Waals surface area contributed by atoms with Crippen LogP contribution in [0, 0.1) is 0 Å². The molecule has 1 aliphatic rings. The predicted molar refractivity (Wildman–Crippen MR) is 87.6 cm³/mol. The average molecular weight is 315 g/mol. The molecule has 1 saturated carbocycles. The maximum atomic E-state index is 6.59. The van der Waals surface area contributed by atoms with Gasteiger partial charge in [-0.2, -0.15) is 0 Å². The molecule has 1 aromatic carbocycles. The highest BCUT2D eigenvalue weighted by Gasteiger charge is 2.39. The molecule has 0 spiro atoms. The van der Waals surface area contributed by atoms with E-state index in [0.717, 1.165) is 6.42 Å². The van der Waals surface area contributed by atoms with E-state index in [9.17, 15) is 0 Å². The Kier molecular flexibility index (Phi) is 5.36. The summed E-state index contributed by atoms with van der Waals surface area (Å²) in [6.45, 7) is 0. The lowest BCUT2D eigenvalue weighted by Crippen LogP contribution is -2.59. The predicted octanol–water partition coefficient (Wildman–Crippen LogP) is 4.13. The van der Waals surface area contributed by atoms with Gasteiger partial charge in [0, 0.05) is 11.6 Å². The van der Waals surface area contributed by atoms with Crippen molar-refractivity contribution in [3.8, 4) is 0 Å². The second kappa shape index (κ2) is 6.65. The van der Waals surface area contributed by atoms with E-state index in [4.69, 9.17) is 28.9 Å². The van der Waals surface area contributed by atoms with Crippen molar-refractivity contribution in [2.75, 3.05) is 14.1 Å². The zero-order valence-electron chi connectivity index (χ0n) is 12.3. The fraction of sp³-hybridized carbons (Fsp3) is 0.625. The molecule has 0 saturated heterocycles. The lowest BCUT2D eigenvalue weighted by Gasteiger charge is -2.47. The first-order chi connectivity index (χ1) is 9.45. The van der Waals surface area contributed by atoms with Crippen LogP contribution in [0.2, 0.25) is 10.0 Å². The van der Waals surface area contributed by atoms with Crippen LogP contribution in [0.5, 0.6) is 0 Å². The number of halogens is 2. The number of hydrogen-bond acceptors (Lipinski definition) is 2. The maximum absolute atomic E-state index is 6.59. The van der Waals surface area contributed by atoms with Gasteiger partial charge < -0.3 is 10.6 Å². The minimum Gasteiger partial charge on any atom is -0.326 e. The molecular formula is C16H24Cl2N2. The zero-order chi connectivity index (χ0) is 14.8. The van der Waals surface area contributed by atoms with Crippen LogP contribution in [-0.2, 0) is 6.42 Å². The summed E-state index contributed by atoms with van der Waals surface area (Å²) in [5.74, 6) is 0. The first-order valence-electron chi connectivity index (χ1n) is 7.32. The highest BCUT2D eigenvalue weighted by atomic mass is 35.5. The summed E-state index contributed by atoms with van der Waals surface area (Å²) in [6, 6.07) is 5.95. The van der Waals surface area contributed by atoms with Gasteiger partial charge in [-0.05, 0) is 51.1 Å². The van der Waals surface area contributed by atoms with Crippen molar-refractivity contribution >= 4 is 23.2 Å². The molecule has 1 fully saturated rings. The van der Waals surface area contributed by atoms with E-state index in [-0.39, 0.29) is 11.6 Å². The minimum atomic E-state index is 0.115. The fourth-order valence-corrected chi connectivity index (χ4v) is 3.74. The Hall–Kier alpha value is -0.280. The van der Waals surface area contributed by atoms with E-state index in [1.807, 2.05) is 18.2 Å². The molecule has 0 heterocycles. The van der Waals surface area contributed by atoms with Crippen LogP contribution < -0.4 is 5.73 Å². The molecule has 1 atom stereocenters. The van der Waals surface area contributed by atoms with Gasteiger partial charge in [0.1, 0.15) is 0 Å². The van der Waals surface area contributed by atoms with Crippen LogP contribution in [0.4, 0.5) is 0 Å². The number of hydrogen-bond donors (Lipinski definition) is 1. The minimum absolute atomic E-state index is 0.115. The molecule has 0 radical (unpaired) electrons. The van der Waals surface area contributed by atoms with Gasteiger partial charge in [0.2, 0.25) is 0 Å². The number of nitrogens with two attached hydrogens (primary N) is 1. The summed E-state index contributed by atoms with van der Waals surface area (Å²) in [4.78, 5) is 2.33. The number of nitrogens with zero attached hydrogens (tertiary/aromatic N) is 1. The van der Waals surface area contributed by atoms with Crippen LogP contribution >= 0.6 is 23.2 Å². The van der Waals surface area contributed by atoms with Gasteiger partial charge >= 0.3 is 0 Å². The third kappa shape index (κ3) is 3.30. The topological polar surface area (TPSA) is 29.3 Å². The largest absolute Gasteiger partial charge is 0.326 e. The highest BCUT2D eigenvalue weighted by molar-refractivity contribution is 6.42. The van der Waals surface area contributed by atoms with Crippen molar-refractivity contribution in [2.24, 2.45) is 5.73 Å². The Balaban J connectivity index is 2.15. The second-order valence-corrected chi connectivity index (χ2v) is 6.93. The summed E-state index contributed by atoms with van der Waals surface area (Å²) in [6.07, 6.45) is 7.08. The van der Waals surface area contributed by atoms with Gasteiger partial charge in [-0.1, -0.05) is 48.5 Å². The summed E-state index contributed by atoms with van der Waals surface area (Å²) < 4.78 is 0. The van der Waals surface area contributed by atoms with E-state index >= 15 is 0 Å². The molecule has 2 nitrogen and oxygen atoms in total. The number of benzene rings is 1. The van der Waals surface area contributed by atoms with Gasteiger partial charge in [-0.15, -0.1) is 0 Å². The molecule has 0 amide bonds. The molecule has 1 aromatic rings. The zero-order valence-corrected chi connectivity index (χ0v) is 13.8. The first-order valence-corrected chi connectivity index (χ1v) is 8.08. The van der Waals surface area contributed by atoms with Gasteiger partial charge in [0.05, 0.1) is 10.0 Å². The Morgan fingerprint density at radius 2 is 1.80 bits per heavy atom. The van der Waals surface area contributed by atoms with Crippen molar-refractivity contribution in [1.82, 2.24) is 4.90 Å². The van der Waals surface area contributed by atoms with Crippen molar-refractivity contribution < 1.29 is 0 Å². The summed E-state index contributed by atoms with van der Waals surface area (Å²) >= 11 is 12.1. The number of rotatable bonds is 4. The van der Waals surface area contributed by atoms with E-state index in [1.165, 1.54) is 37.7 Å². The standard InChI is InChI=1S/C16H24Cl2N2/c1-20(2)16(8-4-3-5-9-16)15(19)11-12-6-7-13(17)14(18)10-12/h6-7,10,15H,3-5,8-9,11,19H2,1-2H3. The van der Waals surface area contributed by atoms with Crippen molar-refractivity contribution in [1.29, 1.82) is 0 Å². The molecule has 4 heteroatoms. The van der Waals surface area contributed by atoms with E-state index < -0.39 is 0 Å². The molecule has 20 heavy (non-hydrogen) atoms. The Morgan fingerprint density at radius 3 is 2.35 bits per heavy atom. The van der Waals surface area contributed by atoms with E-state index in [0.29, 0.717) is 10.0 Å². The molecule has 0 aromatic heterocycles. The summed E-state index contributed by atoms with van der Waals surface area (Å²) in [7, 11) is 4.31. The molecule has 2 N–H and O–H groups in total. The van der Waals surface area contributed by atoms with Crippen LogP contribution in [0.15, 0.2) is 18.2 Å². The van der Waals surface area contributed by atoms with Crippen LogP contribution in [0.25, 0.3) is 0 Å². The SMILES string of the molecule is CN(C)C1(C(N)Cc2ccc(Cl)c(Cl)c2)CCCCC1. The van der Waals surface area contributed by atoms with Gasteiger partial charge in [0.25, 0.3) is 0 Å². The summed E-state index contributed by atoms with van der Waals surface area (Å²) in [5.41, 5.74) is 7.87. The van der Waals surface area contributed by atoms with Crippen molar-refractivity contribution in [2.45, 2.75) is 50.1 Å². The second-order valence-electron chi connectivity index (χ2n) is 6.12. The smallest absolute Gasteiger partial charge is 0.0595 e. The van der Waals surface area contributed by atoms with E-state index in [1.54, 1.807) is 0 Å². The van der Waals surface area contributed by atoms with Crippen LogP contribution in [-0.4, -0.2) is 30.6 Å². The lowest BCUT2D eigenvalue weighted by molar-refractivity contribution is 0.0716. The normalized spacial score (nSPS) is 20.1. The third-order valence-electron chi connectivity index (χ3n) is 4.74.